The number of H-pyrrole nitrogens is 1. The van der Waals surface area contributed by atoms with Crippen LogP contribution in [0.5, 0.6) is 11.6 Å². The van der Waals surface area contributed by atoms with Gasteiger partial charge < -0.3 is 51.3 Å². The van der Waals surface area contributed by atoms with Crippen molar-refractivity contribution in [3.63, 3.8) is 0 Å². The number of carboxylic acids is 2. The van der Waals surface area contributed by atoms with Crippen molar-refractivity contribution in [3.05, 3.63) is 85.4 Å². The Bertz CT molecular complexity index is 1690. The number of aromatic amines is 1. The van der Waals surface area contributed by atoms with Gasteiger partial charge in [0, 0.05) is 62.0 Å². The van der Waals surface area contributed by atoms with Gasteiger partial charge in [0.1, 0.15) is 17.2 Å². The number of aliphatic carboxylic acids is 2. The predicted molar refractivity (Wildman–Crippen MR) is 170 cm³/mol. The second kappa shape index (κ2) is 16.9. The fourth-order valence-corrected chi connectivity index (χ4v) is 4.15. The Morgan fingerprint density at radius 2 is 1.67 bits per heavy atom. The minimum Gasteiger partial charge on any atom is -0.478 e. The van der Waals surface area contributed by atoms with E-state index in [0.717, 1.165) is 26.2 Å². The number of anilines is 4. The molecule has 1 fully saturated rings. The van der Waals surface area contributed by atoms with E-state index in [1.54, 1.807) is 36.5 Å². The van der Waals surface area contributed by atoms with Crippen molar-refractivity contribution in [2.45, 2.75) is 0 Å². The number of aromatic nitrogens is 3. The molecular formula is C30H34FN7O8. The Balaban J connectivity index is 0.000000656. The maximum Gasteiger partial charge on any atom is 0.328 e. The lowest BCUT2D eigenvalue weighted by Gasteiger charge is -2.34. The maximum absolute atomic E-state index is 15.0. The molecule has 0 spiro atoms. The minimum absolute atomic E-state index is 0. The topological polar surface area (TPSA) is 236 Å². The van der Waals surface area contributed by atoms with Crippen molar-refractivity contribution in [2.75, 3.05) is 48.8 Å². The number of carbonyl (C=O) groups excluding carboxylic acids is 1. The molecule has 0 saturated carbocycles. The molecule has 15 nitrogen and oxygen atoms in total. The number of hydrogen-bond donors (Lipinski definition) is 5. The van der Waals surface area contributed by atoms with Crippen LogP contribution in [-0.4, -0.2) is 92.1 Å². The highest BCUT2D eigenvalue weighted by atomic mass is 19.1. The van der Waals surface area contributed by atoms with Crippen molar-refractivity contribution in [2.24, 2.45) is 0 Å². The Labute approximate surface area is 262 Å². The van der Waals surface area contributed by atoms with E-state index >= 15 is 0 Å². The molecule has 1 aliphatic rings. The zero-order valence-electron chi connectivity index (χ0n) is 24.7. The monoisotopic (exact) mass is 639 g/mol. The summed E-state index contributed by atoms with van der Waals surface area (Å²) >= 11 is 0. The molecule has 1 saturated heterocycles. The van der Waals surface area contributed by atoms with Crippen LogP contribution in [-0.2, 0) is 14.4 Å². The molecule has 9 N–H and O–H groups in total. The highest BCUT2D eigenvalue weighted by Gasteiger charge is 2.18. The minimum atomic E-state index is -1.26. The van der Waals surface area contributed by atoms with Crippen LogP contribution in [0.3, 0.4) is 0 Å². The van der Waals surface area contributed by atoms with Gasteiger partial charge in [-0.1, -0.05) is 12.6 Å². The van der Waals surface area contributed by atoms with Crippen LogP contribution < -0.4 is 20.3 Å². The number of ether oxygens (including phenoxy) is 1. The number of carbonyl (C=O) groups is 3. The van der Waals surface area contributed by atoms with Crippen molar-refractivity contribution in [1.29, 1.82) is 0 Å². The lowest BCUT2D eigenvalue weighted by molar-refractivity contribution is -0.134. The first-order valence-corrected chi connectivity index (χ1v) is 13.3. The van der Waals surface area contributed by atoms with E-state index in [1.165, 1.54) is 12.1 Å². The lowest BCUT2D eigenvalue weighted by Crippen LogP contribution is -2.44. The Kier molecular flexibility index (Phi) is 13.3. The van der Waals surface area contributed by atoms with Crippen molar-refractivity contribution >= 4 is 51.9 Å². The molecular weight excluding hydrogens is 605 g/mol. The summed E-state index contributed by atoms with van der Waals surface area (Å²) in [5.41, 5.74) is 2.23. The molecule has 0 unspecified atom stereocenters. The maximum atomic E-state index is 15.0. The van der Waals surface area contributed by atoms with Gasteiger partial charge in [-0.05, 0) is 49.5 Å². The molecule has 1 amide bonds. The molecule has 3 heterocycles. The van der Waals surface area contributed by atoms with Gasteiger partial charge in [0.2, 0.25) is 17.7 Å². The van der Waals surface area contributed by atoms with Gasteiger partial charge in [0.25, 0.3) is 0 Å². The van der Waals surface area contributed by atoms with Crippen LogP contribution in [0.25, 0.3) is 11.0 Å². The van der Waals surface area contributed by atoms with Crippen molar-refractivity contribution in [3.8, 4) is 11.6 Å². The molecule has 0 atom stereocenters. The first-order chi connectivity index (χ1) is 21.1. The normalized spacial score (nSPS) is 12.6. The molecule has 5 rings (SSSR count). The summed E-state index contributed by atoms with van der Waals surface area (Å²) in [7, 11) is 2.07. The van der Waals surface area contributed by atoms with Crippen LogP contribution in [0.15, 0.2) is 79.5 Å². The number of nitrogens with zero attached hydrogens (tertiary/aromatic N) is 4. The van der Waals surface area contributed by atoms with Gasteiger partial charge in [-0.2, -0.15) is 9.97 Å². The molecule has 16 heteroatoms. The highest BCUT2D eigenvalue weighted by molar-refractivity contribution is 5.99. The van der Waals surface area contributed by atoms with E-state index in [0.29, 0.717) is 51.9 Å². The molecule has 1 aliphatic heterocycles. The van der Waals surface area contributed by atoms with Crippen LogP contribution in [0, 0.1) is 5.82 Å². The van der Waals surface area contributed by atoms with E-state index < -0.39 is 11.9 Å². The van der Waals surface area contributed by atoms with Gasteiger partial charge in [-0.25, -0.2) is 14.0 Å². The molecule has 4 aromatic rings. The van der Waals surface area contributed by atoms with Crippen molar-refractivity contribution in [1.82, 2.24) is 19.9 Å². The summed E-state index contributed by atoms with van der Waals surface area (Å²) in [5, 5.41) is 22.1. The predicted octanol–water partition coefficient (Wildman–Crippen LogP) is 2.57. The quantitative estimate of drug-likeness (QED) is 0.167. The number of fused-ring (bicyclic) bond motifs is 1. The summed E-state index contributed by atoms with van der Waals surface area (Å²) in [5.74, 6) is -2.10. The van der Waals surface area contributed by atoms with Crippen LogP contribution >= 0.6 is 0 Å². The standard InChI is InChI=1S/C26H26FN7O2.C4H4O4.2H2O/c1-3-23(35)29-17-5-4-6-19(15-17)36-25-20-9-10-28-24(20)31-26(32-25)30-18-7-8-22(21(27)16-18)34-13-11-33(2)12-14-34;5-3(6)1-2-4(7)8;;/h3-10,15-16H,1,11-14H2,2H3,(H,29,35)(H2,28,30,31,32);1-2H,(H,5,6)(H,7,8);2*1H2. The third-order valence-corrected chi connectivity index (χ3v) is 6.30. The number of amides is 1. The fraction of sp³-hybridized carbons (Fsp3) is 0.167. The van der Waals surface area contributed by atoms with Crippen LogP contribution in [0.2, 0.25) is 0 Å². The molecule has 0 aliphatic carbocycles. The Morgan fingerprint density at radius 1 is 0.978 bits per heavy atom. The molecule has 244 valence electrons. The van der Waals surface area contributed by atoms with Crippen LogP contribution in [0.1, 0.15) is 0 Å². The van der Waals surface area contributed by atoms with E-state index in [4.69, 9.17) is 14.9 Å². The van der Waals surface area contributed by atoms with Gasteiger partial charge in [-0.15, -0.1) is 0 Å². The highest BCUT2D eigenvalue weighted by Crippen LogP contribution is 2.31. The summed E-state index contributed by atoms with van der Waals surface area (Å²) in [4.78, 5) is 47.1. The fourth-order valence-electron chi connectivity index (χ4n) is 4.15. The third-order valence-electron chi connectivity index (χ3n) is 6.30. The first kappa shape index (κ1) is 36.4. The Morgan fingerprint density at radius 3 is 2.30 bits per heavy atom. The SMILES string of the molecule is C=CC(=O)Nc1cccc(Oc2nc(Nc3ccc(N4CCN(C)CC4)c(F)c3)nc3[nH]ccc23)c1.O.O.O=C(O)C=CC(=O)O. The van der Waals surface area contributed by atoms with E-state index in [2.05, 4.69) is 49.0 Å². The number of nitrogens with one attached hydrogen (secondary N) is 3. The Hall–Kier alpha value is -5.84. The molecule has 2 aromatic carbocycles. The van der Waals surface area contributed by atoms with E-state index in [-0.39, 0.29) is 28.6 Å². The number of likely N-dealkylation sites (N-methyl/N-ethyl adjacent to an activating group) is 1. The zero-order chi connectivity index (χ0) is 31.6. The van der Waals surface area contributed by atoms with Gasteiger partial charge in [0.05, 0.1) is 11.1 Å². The summed E-state index contributed by atoms with van der Waals surface area (Å²) in [6, 6.07) is 13.8. The summed E-state index contributed by atoms with van der Waals surface area (Å²) in [6.45, 7) is 6.82. The number of carboxylic acid groups (broad SMARTS) is 2. The van der Waals surface area contributed by atoms with E-state index in [1.807, 2.05) is 12.1 Å². The molecule has 46 heavy (non-hydrogen) atoms. The number of piperazine rings is 1. The van der Waals surface area contributed by atoms with E-state index in [9.17, 15) is 18.8 Å². The molecule has 2 aromatic heterocycles. The number of benzene rings is 2. The van der Waals surface area contributed by atoms with Gasteiger partial charge in [-0.3, -0.25) is 4.79 Å². The third kappa shape index (κ3) is 10.1. The van der Waals surface area contributed by atoms with Crippen molar-refractivity contribution < 1.29 is 44.7 Å². The van der Waals surface area contributed by atoms with Crippen LogP contribution in [0.4, 0.5) is 27.4 Å². The number of hydrogen-bond acceptors (Lipinski definition) is 9. The number of rotatable bonds is 9. The second-order valence-electron chi connectivity index (χ2n) is 9.51. The summed E-state index contributed by atoms with van der Waals surface area (Å²) in [6.07, 6.45) is 4.05. The molecule has 0 bridgehead atoms. The largest absolute Gasteiger partial charge is 0.478 e. The molecule has 0 radical (unpaired) electrons. The average Bonchev–Trinajstić information content (AvgIpc) is 3.46. The lowest BCUT2D eigenvalue weighted by atomic mass is 10.2. The smallest absolute Gasteiger partial charge is 0.328 e. The van der Waals surface area contributed by atoms with Gasteiger partial charge >= 0.3 is 11.9 Å². The second-order valence-corrected chi connectivity index (χ2v) is 9.51. The van der Waals surface area contributed by atoms with Gasteiger partial charge in [0.15, 0.2) is 0 Å². The first-order valence-electron chi connectivity index (χ1n) is 13.3. The average molecular weight is 640 g/mol. The zero-order valence-corrected chi connectivity index (χ0v) is 24.7. The number of halogens is 1. The summed E-state index contributed by atoms with van der Waals surface area (Å²) < 4.78 is 21.0.